The van der Waals surface area contributed by atoms with Crippen LogP contribution < -0.4 is 46.1 Å². The van der Waals surface area contributed by atoms with Crippen LogP contribution in [0.2, 0.25) is 0 Å². The highest BCUT2D eigenvalue weighted by atomic mass is 16.5. The number of fused-ring (bicyclic) bond motifs is 9. The molecule has 0 aliphatic rings. The van der Waals surface area contributed by atoms with E-state index in [0.717, 1.165) is 178 Å². The van der Waals surface area contributed by atoms with E-state index >= 15 is 0 Å². The minimum Gasteiger partial charge on any atom is -0.495 e. The number of hydrogen-bond donors (Lipinski definition) is 12. The van der Waals surface area contributed by atoms with Crippen molar-refractivity contribution in [3.63, 3.8) is 0 Å². The second kappa shape index (κ2) is 31.4. The SMILES string of the molecule is COc1cc2c(cc1NCCCNCc1cc(CNCCCNc3cc4oc5ccccc5c4cc3OC)cc(CNCCCNc3cc4oc5ccccc5c4cc3OC)c1)oc1ccccc12.O=C(O)C(=O)O.O=C(O)C(=O)O.O=C(O)C(=O)O. The van der Waals surface area contributed by atoms with Crippen molar-refractivity contribution in [2.45, 2.75) is 38.9 Å². The van der Waals surface area contributed by atoms with Crippen LogP contribution in [-0.2, 0) is 48.4 Å². The number of aliphatic carboxylic acids is 6. The lowest BCUT2D eigenvalue weighted by molar-refractivity contribution is -0.159. The van der Waals surface area contributed by atoms with Gasteiger partial charge in [0.05, 0.1) is 38.4 Å². The van der Waals surface area contributed by atoms with E-state index in [4.69, 9.17) is 86.9 Å². The van der Waals surface area contributed by atoms with Crippen molar-refractivity contribution < 1.29 is 86.9 Å². The number of para-hydroxylation sites is 3. The van der Waals surface area contributed by atoms with E-state index in [-0.39, 0.29) is 0 Å². The predicted molar refractivity (Wildman–Crippen MR) is 328 cm³/mol. The molecule has 0 radical (unpaired) electrons. The molecule has 0 unspecified atom stereocenters. The van der Waals surface area contributed by atoms with Gasteiger partial charge in [-0.1, -0.05) is 72.8 Å². The summed E-state index contributed by atoms with van der Waals surface area (Å²) < 4.78 is 35.7. The van der Waals surface area contributed by atoms with Crippen LogP contribution in [0.25, 0.3) is 65.8 Å². The van der Waals surface area contributed by atoms with Crippen LogP contribution in [-0.4, -0.2) is 127 Å². The van der Waals surface area contributed by atoms with Crippen molar-refractivity contribution in [1.29, 1.82) is 0 Å². The normalized spacial score (nSPS) is 10.8. The van der Waals surface area contributed by atoms with Gasteiger partial charge in [0.15, 0.2) is 0 Å². The van der Waals surface area contributed by atoms with E-state index in [2.05, 4.69) is 86.5 Å². The number of rotatable bonds is 24. The molecule has 0 bridgehead atoms. The molecule has 0 atom stereocenters. The van der Waals surface area contributed by atoms with E-state index < -0.39 is 35.8 Å². The maximum absolute atomic E-state index is 9.10. The van der Waals surface area contributed by atoms with E-state index in [1.807, 2.05) is 72.8 Å². The lowest BCUT2D eigenvalue weighted by Gasteiger charge is -2.14. The monoisotopic (exact) mass is 1190 g/mol. The number of furan rings is 3. The highest BCUT2D eigenvalue weighted by molar-refractivity contribution is 6.28. The first kappa shape index (κ1) is 64.0. The second-order valence-corrected chi connectivity index (χ2v) is 19.3. The predicted octanol–water partition coefficient (Wildman–Crippen LogP) is 9.65. The van der Waals surface area contributed by atoms with Crippen molar-refractivity contribution in [3.05, 3.63) is 144 Å². The second-order valence-electron chi connectivity index (χ2n) is 19.3. The van der Waals surface area contributed by atoms with Gasteiger partial charge >= 0.3 is 35.8 Å². The molecule has 0 saturated heterocycles. The summed E-state index contributed by atoms with van der Waals surface area (Å²) in [6.07, 6.45) is 2.82. The third kappa shape index (κ3) is 17.7. The van der Waals surface area contributed by atoms with E-state index in [9.17, 15) is 0 Å². The molecule has 0 aliphatic carbocycles. The van der Waals surface area contributed by atoms with Crippen molar-refractivity contribution in [3.8, 4) is 17.2 Å². The molecule has 0 spiro atoms. The van der Waals surface area contributed by atoms with Gasteiger partial charge in [0.1, 0.15) is 50.7 Å². The van der Waals surface area contributed by atoms with Crippen molar-refractivity contribution in [2.75, 3.05) is 76.5 Å². The van der Waals surface area contributed by atoms with Crippen LogP contribution in [0, 0.1) is 0 Å². The quantitative estimate of drug-likeness (QED) is 0.0198. The Balaban J connectivity index is 0.000000525. The average Bonchev–Trinajstić information content (AvgIpc) is 2.96. The fraction of sp³-hybridized carbons (Fsp3) is 0.238. The molecule has 456 valence electrons. The Hall–Kier alpha value is -10.6. The smallest absolute Gasteiger partial charge is 0.414 e. The first-order valence-electron chi connectivity index (χ1n) is 27.3. The number of carboxylic acid groups (broad SMARTS) is 6. The summed E-state index contributed by atoms with van der Waals surface area (Å²) >= 11 is 0. The molecular weight excluding hydrogens is 1130 g/mol. The summed E-state index contributed by atoms with van der Waals surface area (Å²) in [5.41, 5.74) is 11.8. The third-order valence-corrected chi connectivity index (χ3v) is 13.3. The zero-order chi connectivity index (χ0) is 62.4. The average molecular weight is 1200 g/mol. The molecule has 0 fully saturated rings. The van der Waals surface area contributed by atoms with E-state index in [0.29, 0.717) is 0 Å². The number of ether oxygens (including phenoxy) is 3. The minimum absolute atomic E-state index is 0.776. The fourth-order valence-electron chi connectivity index (χ4n) is 9.33. The van der Waals surface area contributed by atoms with Crippen LogP contribution in [0.3, 0.4) is 0 Å². The summed E-state index contributed by atoms with van der Waals surface area (Å²) in [4.78, 5) is 54.6. The molecule has 7 aromatic carbocycles. The van der Waals surface area contributed by atoms with Gasteiger partial charge < -0.3 is 90.0 Å². The lowest BCUT2D eigenvalue weighted by Crippen LogP contribution is -2.21. The Kier molecular flexibility index (Phi) is 23.1. The Morgan fingerprint density at radius 2 is 0.586 bits per heavy atom. The van der Waals surface area contributed by atoms with Crippen molar-refractivity contribution >= 4 is 119 Å². The Morgan fingerprint density at radius 3 is 0.828 bits per heavy atom. The fourth-order valence-corrected chi connectivity index (χ4v) is 9.33. The van der Waals surface area contributed by atoms with Crippen LogP contribution >= 0.6 is 0 Å². The molecule has 10 rings (SSSR count). The molecule has 24 heteroatoms. The molecule has 0 amide bonds. The molecule has 3 heterocycles. The molecule has 0 saturated carbocycles. The first-order valence-corrected chi connectivity index (χ1v) is 27.3. The number of hydrogen-bond acceptors (Lipinski definition) is 18. The van der Waals surface area contributed by atoms with Gasteiger partial charge in [0, 0.05) is 89.8 Å². The van der Waals surface area contributed by atoms with E-state index in [1.54, 1.807) is 21.3 Å². The van der Waals surface area contributed by atoms with Gasteiger partial charge in [0.25, 0.3) is 0 Å². The van der Waals surface area contributed by atoms with Gasteiger partial charge in [0.2, 0.25) is 0 Å². The Labute approximate surface area is 496 Å². The molecular formula is C63H66N6O18. The van der Waals surface area contributed by atoms with Crippen LogP contribution in [0.5, 0.6) is 17.2 Å². The summed E-state index contributed by atoms with van der Waals surface area (Å²) in [6.45, 7) is 7.29. The highest BCUT2D eigenvalue weighted by Crippen LogP contribution is 2.39. The van der Waals surface area contributed by atoms with Crippen LogP contribution in [0.15, 0.2) is 141 Å². The van der Waals surface area contributed by atoms with Gasteiger partial charge in [-0.25, -0.2) is 28.8 Å². The topological polar surface area (TPSA) is 363 Å². The van der Waals surface area contributed by atoms with Crippen molar-refractivity contribution in [1.82, 2.24) is 16.0 Å². The van der Waals surface area contributed by atoms with Gasteiger partial charge in [-0.15, -0.1) is 0 Å². The van der Waals surface area contributed by atoms with E-state index in [1.165, 1.54) is 16.7 Å². The summed E-state index contributed by atoms with van der Waals surface area (Å²) in [5.74, 6) is -8.52. The lowest BCUT2D eigenvalue weighted by atomic mass is 10.0. The van der Waals surface area contributed by atoms with Gasteiger partial charge in [-0.05, 0) is 92.0 Å². The molecule has 10 aromatic rings. The molecule has 24 nitrogen and oxygen atoms in total. The molecule has 3 aromatic heterocycles. The largest absolute Gasteiger partial charge is 0.495 e. The summed E-state index contributed by atoms with van der Waals surface area (Å²) in [7, 11) is 5.14. The summed E-state index contributed by atoms with van der Waals surface area (Å²) in [5, 5.41) is 72.6. The number of anilines is 3. The number of benzene rings is 7. The Morgan fingerprint density at radius 1 is 0.333 bits per heavy atom. The number of carboxylic acids is 6. The maximum atomic E-state index is 9.10. The van der Waals surface area contributed by atoms with Crippen LogP contribution in [0.1, 0.15) is 36.0 Å². The standard InChI is InChI=1S/C57H60N6O6.3C2H2O4/c1-64-55-28-43-40-13-4-7-16-49(40)67-52(43)31-46(55)61-22-10-19-58-34-37-25-38(35-59-20-11-23-62-47-32-53-44(29-56(47)65-2)41-14-5-8-17-50(41)68-53)27-39(26-37)36-60-21-12-24-63-48-33-54-45(30-57(48)66-3)42-15-6-9-18-51(42)69-54;3*3-1(4)2(5)6/h4-9,13-18,25-33,58-63H,10-12,19-24,34-36H2,1-3H3;3*(H,3,4)(H,5,6). The zero-order valence-corrected chi connectivity index (χ0v) is 47.7. The van der Waals surface area contributed by atoms with Gasteiger partial charge in [-0.3, -0.25) is 0 Å². The number of carbonyl (C=O) groups is 6. The first-order chi connectivity index (χ1) is 42.0. The van der Waals surface area contributed by atoms with Crippen molar-refractivity contribution in [2.24, 2.45) is 0 Å². The highest BCUT2D eigenvalue weighted by Gasteiger charge is 2.16. The third-order valence-electron chi connectivity index (χ3n) is 13.3. The van der Waals surface area contributed by atoms with Crippen LogP contribution in [0.4, 0.5) is 17.1 Å². The zero-order valence-electron chi connectivity index (χ0n) is 47.7. The van der Waals surface area contributed by atoms with Gasteiger partial charge in [-0.2, -0.15) is 0 Å². The molecule has 0 aliphatic heterocycles. The number of methoxy groups -OCH3 is 3. The Bertz CT molecular complexity index is 3580. The molecule has 12 N–H and O–H groups in total. The number of nitrogens with one attached hydrogen (secondary N) is 6. The summed E-state index contributed by atoms with van der Waals surface area (Å²) in [6, 6.07) is 43.6. The maximum Gasteiger partial charge on any atom is 0.414 e. The minimum atomic E-state index is -1.82. The molecule has 87 heavy (non-hydrogen) atoms.